The summed E-state index contributed by atoms with van der Waals surface area (Å²) in [7, 11) is 0. The summed E-state index contributed by atoms with van der Waals surface area (Å²) in [6, 6.07) is 6.03. The molecule has 0 aromatic heterocycles. The van der Waals surface area contributed by atoms with Gasteiger partial charge in [0.15, 0.2) is 0 Å². The van der Waals surface area contributed by atoms with Crippen molar-refractivity contribution in [2.45, 2.75) is 39.8 Å². The Balaban J connectivity index is 2.49. The largest absolute Gasteiger partial charge is 0.354 e. The van der Waals surface area contributed by atoms with Crippen molar-refractivity contribution >= 4 is 5.91 Å². The van der Waals surface area contributed by atoms with Crippen molar-refractivity contribution in [1.82, 2.24) is 10.6 Å². The van der Waals surface area contributed by atoms with Crippen LogP contribution in [0.4, 0.5) is 4.39 Å². The van der Waals surface area contributed by atoms with Gasteiger partial charge in [-0.15, -0.1) is 0 Å². The van der Waals surface area contributed by atoms with Crippen LogP contribution >= 0.6 is 0 Å². The van der Waals surface area contributed by atoms with Crippen molar-refractivity contribution in [3.05, 3.63) is 35.6 Å². The molecule has 0 aliphatic heterocycles. The second kappa shape index (κ2) is 7.24. The molecule has 0 fully saturated rings. The quantitative estimate of drug-likeness (QED) is 0.831. The number of hydrogen-bond acceptors (Lipinski definition) is 2. The summed E-state index contributed by atoms with van der Waals surface area (Å²) in [5, 5.41) is 6.09. The first-order chi connectivity index (χ1) is 8.90. The number of rotatable bonds is 6. The van der Waals surface area contributed by atoms with Crippen LogP contribution in [0.2, 0.25) is 0 Å². The second-order valence-corrected chi connectivity index (χ2v) is 5.30. The van der Waals surface area contributed by atoms with Crippen molar-refractivity contribution in [2.24, 2.45) is 5.92 Å². The van der Waals surface area contributed by atoms with Crippen molar-refractivity contribution in [2.75, 3.05) is 6.54 Å². The molecule has 0 radical (unpaired) electrons. The maximum Gasteiger partial charge on any atom is 0.236 e. The van der Waals surface area contributed by atoms with Crippen LogP contribution in [-0.4, -0.2) is 18.5 Å². The van der Waals surface area contributed by atoms with Gasteiger partial charge in [0.2, 0.25) is 5.91 Å². The van der Waals surface area contributed by atoms with Crippen molar-refractivity contribution in [1.29, 1.82) is 0 Å². The summed E-state index contributed by atoms with van der Waals surface area (Å²) in [4.78, 5) is 11.8. The van der Waals surface area contributed by atoms with Crippen molar-refractivity contribution in [3.8, 4) is 0 Å². The van der Waals surface area contributed by atoms with Gasteiger partial charge in [0, 0.05) is 12.6 Å². The summed E-state index contributed by atoms with van der Waals surface area (Å²) in [5.41, 5.74) is 0.963. The first kappa shape index (κ1) is 15.6. The molecule has 1 aromatic carbocycles. The van der Waals surface area contributed by atoms with Crippen molar-refractivity contribution < 1.29 is 9.18 Å². The normalized spacial score (nSPS) is 14.2. The molecule has 0 spiro atoms. The summed E-state index contributed by atoms with van der Waals surface area (Å²) in [5.74, 6) is 0.173. The van der Waals surface area contributed by atoms with Gasteiger partial charge in [0.05, 0.1) is 6.04 Å². The Hall–Kier alpha value is -1.42. The molecule has 2 unspecified atom stereocenters. The molecular weight excluding hydrogens is 243 g/mol. The lowest BCUT2D eigenvalue weighted by molar-refractivity contribution is -0.123. The Labute approximate surface area is 114 Å². The van der Waals surface area contributed by atoms with Crippen LogP contribution in [0.15, 0.2) is 24.3 Å². The Morgan fingerprint density at radius 2 is 1.74 bits per heavy atom. The van der Waals surface area contributed by atoms with Crippen LogP contribution < -0.4 is 10.6 Å². The van der Waals surface area contributed by atoms with E-state index in [9.17, 15) is 9.18 Å². The zero-order valence-corrected chi connectivity index (χ0v) is 12.0. The van der Waals surface area contributed by atoms with Gasteiger partial charge in [-0.25, -0.2) is 4.39 Å². The molecule has 19 heavy (non-hydrogen) atoms. The van der Waals surface area contributed by atoms with Gasteiger partial charge in [-0.3, -0.25) is 10.1 Å². The molecule has 1 rings (SSSR count). The molecular formula is C15H23FN2O. The lowest BCUT2D eigenvalue weighted by atomic mass is 10.1. The predicted octanol–water partition coefficient (Wildman–Crippen LogP) is 2.64. The van der Waals surface area contributed by atoms with E-state index in [-0.39, 0.29) is 23.8 Å². The molecule has 0 aliphatic rings. The maximum absolute atomic E-state index is 12.8. The Morgan fingerprint density at radius 3 is 2.26 bits per heavy atom. The molecule has 0 heterocycles. The van der Waals surface area contributed by atoms with E-state index in [4.69, 9.17) is 0 Å². The first-order valence-corrected chi connectivity index (χ1v) is 6.69. The van der Waals surface area contributed by atoms with E-state index < -0.39 is 0 Å². The summed E-state index contributed by atoms with van der Waals surface area (Å²) >= 11 is 0. The zero-order chi connectivity index (χ0) is 14.4. The molecule has 2 N–H and O–H groups in total. The highest BCUT2D eigenvalue weighted by Crippen LogP contribution is 2.13. The van der Waals surface area contributed by atoms with Gasteiger partial charge in [0.1, 0.15) is 5.82 Å². The van der Waals surface area contributed by atoms with E-state index in [0.29, 0.717) is 12.5 Å². The number of nitrogens with one attached hydrogen (secondary N) is 2. The average molecular weight is 266 g/mol. The fraction of sp³-hybridized carbons (Fsp3) is 0.533. The zero-order valence-electron chi connectivity index (χ0n) is 12.0. The van der Waals surface area contributed by atoms with Crippen LogP contribution in [0.5, 0.6) is 0 Å². The molecule has 3 nitrogen and oxygen atoms in total. The van der Waals surface area contributed by atoms with E-state index in [1.54, 1.807) is 12.1 Å². The number of hydrogen-bond donors (Lipinski definition) is 2. The highest BCUT2D eigenvalue weighted by Gasteiger charge is 2.16. The fourth-order valence-corrected chi connectivity index (χ4v) is 1.76. The van der Waals surface area contributed by atoms with Gasteiger partial charge in [-0.1, -0.05) is 26.0 Å². The van der Waals surface area contributed by atoms with Gasteiger partial charge in [-0.05, 0) is 37.5 Å². The van der Waals surface area contributed by atoms with Crippen LogP contribution in [0, 0.1) is 11.7 Å². The molecule has 106 valence electrons. The molecule has 0 aliphatic carbocycles. The standard InChI is InChI=1S/C15H23FN2O/c1-10(2)9-17-15(19)12(4)18-11(3)13-5-7-14(16)8-6-13/h5-8,10-12,18H,9H2,1-4H3,(H,17,19). The summed E-state index contributed by atoms with van der Waals surface area (Å²) < 4.78 is 12.8. The summed E-state index contributed by atoms with van der Waals surface area (Å²) in [6.45, 7) is 8.57. The van der Waals surface area contributed by atoms with E-state index >= 15 is 0 Å². The average Bonchev–Trinajstić information content (AvgIpc) is 2.36. The van der Waals surface area contributed by atoms with Crippen LogP contribution in [0.3, 0.4) is 0 Å². The third kappa shape index (κ3) is 5.39. The minimum Gasteiger partial charge on any atom is -0.354 e. The lowest BCUT2D eigenvalue weighted by Gasteiger charge is -2.20. The third-order valence-corrected chi connectivity index (χ3v) is 2.95. The molecule has 1 aromatic rings. The maximum atomic E-state index is 12.8. The smallest absolute Gasteiger partial charge is 0.236 e. The van der Waals surface area contributed by atoms with Gasteiger partial charge in [0.25, 0.3) is 0 Å². The molecule has 0 saturated carbocycles. The van der Waals surface area contributed by atoms with Crippen LogP contribution in [-0.2, 0) is 4.79 Å². The Bertz CT molecular complexity index is 403. The molecule has 1 amide bonds. The molecule has 0 saturated heterocycles. The summed E-state index contributed by atoms with van der Waals surface area (Å²) in [6.07, 6.45) is 0. The minimum atomic E-state index is -0.279. The van der Waals surface area contributed by atoms with Gasteiger partial charge >= 0.3 is 0 Å². The second-order valence-electron chi connectivity index (χ2n) is 5.30. The van der Waals surface area contributed by atoms with E-state index in [2.05, 4.69) is 24.5 Å². The van der Waals surface area contributed by atoms with Gasteiger partial charge in [-0.2, -0.15) is 0 Å². The number of amides is 1. The predicted molar refractivity (Wildman–Crippen MR) is 75.3 cm³/mol. The topological polar surface area (TPSA) is 41.1 Å². The Morgan fingerprint density at radius 1 is 1.16 bits per heavy atom. The van der Waals surface area contributed by atoms with E-state index in [1.807, 2.05) is 13.8 Å². The highest BCUT2D eigenvalue weighted by molar-refractivity contribution is 5.81. The van der Waals surface area contributed by atoms with Crippen molar-refractivity contribution in [3.63, 3.8) is 0 Å². The number of carbonyl (C=O) groups excluding carboxylic acids is 1. The van der Waals surface area contributed by atoms with Gasteiger partial charge < -0.3 is 5.32 Å². The number of carbonyl (C=O) groups is 1. The Kier molecular flexibility index (Phi) is 5.96. The monoisotopic (exact) mass is 266 g/mol. The molecule has 4 heteroatoms. The van der Waals surface area contributed by atoms with Crippen LogP contribution in [0.25, 0.3) is 0 Å². The minimum absolute atomic E-state index is 0.000370. The number of halogens is 1. The SMILES string of the molecule is CC(C)CNC(=O)C(C)NC(C)c1ccc(F)cc1. The highest BCUT2D eigenvalue weighted by atomic mass is 19.1. The van der Waals surface area contributed by atoms with Crippen LogP contribution in [0.1, 0.15) is 39.3 Å². The lowest BCUT2D eigenvalue weighted by Crippen LogP contribution is -2.44. The van der Waals surface area contributed by atoms with E-state index in [0.717, 1.165) is 5.56 Å². The molecule has 2 atom stereocenters. The number of benzene rings is 1. The third-order valence-electron chi connectivity index (χ3n) is 2.95. The fourth-order valence-electron chi connectivity index (χ4n) is 1.76. The van der Waals surface area contributed by atoms with E-state index in [1.165, 1.54) is 12.1 Å². The first-order valence-electron chi connectivity index (χ1n) is 6.69. The molecule has 0 bridgehead atoms.